The molecule has 24 atom stereocenters. The van der Waals surface area contributed by atoms with E-state index in [2.05, 4.69) is 0 Å². The van der Waals surface area contributed by atoms with Crippen molar-refractivity contribution in [3.8, 4) is 0 Å². The molecule has 0 bridgehead atoms. The quantitative estimate of drug-likeness (QED) is 0.0508. The summed E-state index contributed by atoms with van der Waals surface area (Å²) in [6.07, 6.45) is -35.7. The van der Waals surface area contributed by atoms with Crippen molar-refractivity contribution in [2.24, 2.45) is 23.7 Å². The number of hydrogen-bond acceptors (Lipinski definition) is 24. The van der Waals surface area contributed by atoms with E-state index in [1.807, 2.05) is 0 Å². The molecule has 0 aromatic heterocycles. The van der Waals surface area contributed by atoms with Crippen LogP contribution in [0.1, 0.15) is 53.4 Å². The fourth-order valence-corrected chi connectivity index (χ4v) is 9.26. The van der Waals surface area contributed by atoms with E-state index in [1.165, 1.54) is 27.7 Å². The lowest BCUT2D eigenvalue weighted by molar-refractivity contribution is -0.336. The van der Waals surface area contributed by atoms with Gasteiger partial charge in [0.15, 0.2) is 0 Å². The first kappa shape index (κ1) is 57.7. The van der Waals surface area contributed by atoms with Gasteiger partial charge in [0.2, 0.25) is 11.2 Å². The van der Waals surface area contributed by atoms with Crippen LogP contribution in [0.5, 0.6) is 0 Å². The predicted octanol–water partition coefficient (Wildman–Crippen LogP) is -7.76. The van der Waals surface area contributed by atoms with Crippen molar-refractivity contribution in [2.75, 3.05) is 26.4 Å². The summed E-state index contributed by atoms with van der Waals surface area (Å²) in [6, 6.07) is 0. The monoisotopic (exact) mass is 994 g/mol. The Balaban J connectivity index is 1.57. The molecule has 4 heterocycles. The molecule has 0 amide bonds. The van der Waals surface area contributed by atoms with Crippen LogP contribution >= 0.6 is 0 Å². The van der Waals surface area contributed by atoms with E-state index in [9.17, 15) is 111 Å². The van der Waals surface area contributed by atoms with Crippen LogP contribution in [-0.2, 0) is 47.6 Å². The lowest BCUT2D eigenvalue weighted by Crippen LogP contribution is -2.76. The molecule has 0 aliphatic carbocycles. The van der Waals surface area contributed by atoms with E-state index in [-0.39, 0.29) is 0 Å². The Hall–Kier alpha value is -2.92. The number of ether oxygens (including phenoxy) is 6. The summed E-state index contributed by atoms with van der Waals surface area (Å²) in [5, 5.41) is 191. The summed E-state index contributed by atoms with van der Waals surface area (Å²) in [4.78, 5) is 51.7. The first-order chi connectivity index (χ1) is 31.4. The maximum atomic E-state index is 13.2. The standard InChI is InChI=1S/C40H66O28/c1-13-17(43)5-37(33(55)56,65-29(13)25(51)21(47)9-41)38(34(57)58)6-18(44)14(2)30(66-38)27(53)23(49)11-63-40(36(61)62)8-20(46)16(4)32(68-40)28(54)24(50)12-64-39(35(59)60)7-19(45)15(3)31(67-39)26(52)22(48)10-42/h13-32,41-54H,5-12H2,1-4H3,(H,55,56)(H,57,58)(H,59,60)(H,61,62)/t13-,14-,15-,16-,17?,18?,19?,20?,21-,22-,23-,24-,25-,26-,27-,28-,29-,30-,31-,32-,37?,38?,39?,40?/m1/s1. The minimum absolute atomic E-state index is 0.817. The molecule has 68 heavy (non-hydrogen) atoms. The van der Waals surface area contributed by atoms with Crippen LogP contribution < -0.4 is 0 Å². The molecule has 28 heteroatoms. The molecule has 28 nitrogen and oxygen atoms in total. The molecule has 4 fully saturated rings. The van der Waals surface area contributed by atoms with Crippen molar-refractivity contribution >= 4 is 23.9 Å². The van der Waals surface area contributed by atoms with E-state index >= 15 is 0 Å². The van der Waals surface area contributed by atoms with Crippen molar-refractivity contribution in [1.82, 2.24) is 0 Å². The zero-order valence-corrected chi connectivity index (χ0v) is 37.3. The summed E-state index contributed by atoms with van der Waals surface area (Å²) in [5.74, 6) is -18.9. The van der Waals surface area contributed by atoms with Gasteiger partial charge in [-0.05, 0) is 0 Å². The molecule has 18 N–H and O–H groups in total. The average molecular weight is 995 g/mol. The predicted molar refractivity (Wildman–Crippen MR) is 214 cm³/mol. The Bertz CT molecular complexity index is 1740. The molecule has 0 saturated carbocycles. The molecule has 8 unspecified atom stereocenters. The Morgan fingerprint density at radius 2 is 0.691 bits per heavy atom. The first-order valence-corrected chi connectivity index (χ1v) is 21.8. The Labute approximate surface area is 387 Å². The summed E-state index contributed by atoms with van der Waals surface area (Å²) in [6.45, 7) is 0.504. The zero-order chi connectivity index (χ0) is 51.8. The van der Waals surface area contributed by atoms with Crippen LogP contribution in [0.2, 0.25) is 0 Å². The van der Waals surface area contributed by atoms with Crippen molar-refractivity contribution < 1.29 is 140 Å². The van der Waals surface area contributed by atoms with Gasteiger partial charge in [-0.1, -0.05) is 27.7 Å². The summed E-state index contributed by atoms with van der Waals surface area (Å²) in [7, 11) is 0. The second-order valence-corrected chi connectivity index (χ2v) is 18.5. The third-order valence-corrected chi connectivity index (χ3v) is 14.0. The number of aliphatic hydroxyl groups excluding tert-OH is 14. The second-order valence-electron chi connectivity index (χ2n) is 18.5. The van der Waals surface area contributed by atoms with Crippen molar-refractivity contribution in [3.63, 3.8) is 0 Å². The summed E-state index contributed by atoms with van der Waals surface area (Å²) >= 11 is 0. The third-order valence-electron chi connectivity index (χ3n) is 14.0. The maximum absolute atomic E-state index is 13.2. The lowest BCUT2D eigenvalue weighted by Gasteiger charge is -2.56. The highest BCUT2D eigenvalue weighted by Crippen LogP contribution is 2.50. The van der Waals surface area contributed by atoms with E-state index in [0.717, 1.165) is 0 Å². The molecular weight excluding hydrogens is 928 g/mol. The molecule has 0 aromatic rings. The highest BCUT2D eigenvalue weighted by molar-refractivity contribution is 5.92. The number of carboxylic acid groups (broad SMARTS) is 4. The molecule has 0 aromatic carbocycles. The van der Waals surface area contributed by atoms with Gasteiger partial charge in [0.25, 0.3) is 11.6 Å². The molecule has 4 aliphatic heterocycles. The van der Waals surface area contributed by atoms with Gasteiger partial charge in [-0.25, -0.2) is 19.2 Å². The number of carbonyl (C=O) groups is 4. The first-order valence-electron chi connectivity index (χ1n) is 21.8. The molecule has 0 spiro atoms. The van der Waals surface area contributed by atoms with Crippen LogP contribution in [-0.4, -0.2) is 263 Å². The number of rotatable bonds is 21. The minimum atomic E-state index is -3.26. The number of hydrogen-bond donors (Lipinski definition) is 18. The topological polar surface area (TPSA) is 488 Å². The maximum Gasteiger partial charge on any atom is 0.364 e. The second kappa shape index (κ2) is 22.2. The van der Waals surface area contributed by atoms with Gasteiger partial charge >= 0.3 is 23.9 Å². The Kier molecular flexibility index (Phi) is 18.9. The highest BCUT2D eigenvalue weighted by atomic mass is 16.7. The smallest absolute Gasteiger partial charge is 0.364 e. The average Bonchev–Trinajstić information content (AvgIpc) is 3.29. The van der Waals surface area contributed by atoms with E-state index < -0.39 is 220 Å². The highest BCUT2D eigenvalue weighted by Gasteiger charge is 2.72. The number of aliphatic hydroxyl groups is 14. The molecule has 0 radical (unpaired) electrons. The molecule has 394 valence electrons. The van der Waals surface area contributed by atoms with Gasteiger partial charge in [-0.15, -0.1) is 0 Å². The number of carboxylic acids is 4. The van der Waals surface area contributed by atoms with Crippen molar-refractivity contribution in [3.05, 3.63) is 0 Å². The Morgan fingerprint density at radius 3 is 0.941 bits per heavy atom. The van der Waals surface area contributed by atoms with Gasteiger partial charge in [0, 0.05) is 49.4 Å². The Morgan fingerprint density at radius 1 is 0.441 bits per heavy atom. The van der Waals surface area contributed by atoms with Crippen molar-refractivity contribution in [2.45, 2.75) is 174 Å². The van der Waals surface area contributed by atoms with Gasteiger partial charge in [0.05, 0.1) is 75.3 Å². The molecule has 4 saturated heterocycles. The van der Waals surface area contributed by atoms with E-state index in [1.54, 1.807) is 0 Å². The van der Waals surface area contributed by atoms with Crippen LogP contribution in [0.25, 0.3) is 0 Å². The minimum Gasteiger partial charge on any atom is -0.479 e. The molecular formula is C40H66O28. The zero-order valence-electron chi connectivity index (χ0n) is 37.3. The van der Waals surface area contributed by atoms with Crippen LogP contribution in [0, 0.1) is 23.7 Å². The van der Waals surface area contributed by atoms with Crippen LogP contribution in [0.15, 0.2) is 0 Å². The largest absolute Gasteiger partial charge is 0.479 e. The summed E-state index contributed by atoms with van der Waals surface area (Å²) in [5.41, 5.74) is -6.49. The van der Waals surface area contributed by atoms with Gasteiger partial charge in [-0.3, -0.25) is 0 Å². The lowest BCUT2D eigenvalue weighted by atomic mass is 9.67. The molecule has 4 aliphatic rings. The SMILES string of the molecule is C[C@@H]1C(O)CC(OC[C@@H](O)[C@@H](O)[C@@H]2OC(OC[C@@H](O)[C@@H](O)[C@@H]3OC(C(=O)O)(C4(C(=O)O)CC(O)[C@@H](C)[C@H]([C@H](O)[C@H](O)CO)O4)CC(O)[C@H]3C)(C(=O)O)CC(O)[C@H]2C)(C(=O)O)O[C@H]1[C@H](O)[C@H](O)CO. The van der Waals surface area contributed by atoms with Crippen LogP contribution in [0.4, 0.5) is 0 Å². The number of aliphatic carboxylic acids is 4. The van der Waals surface area contributed by atoms with Crippen molar-refractivity contribution in [1.29, 1.82) is 0 Å². The van der Waals surface area contributed by atoms with Gasteiger partial charge in [0.1, 0.15) is 48.8 Å². The fourth-order valence-electron chi connectivity index (χ4n) is 9.26. The summed E-state index contributed by atoms with van der Waals surface area (Å²) < 4.78 is 33.5. The normalized spacial score (nSPS) is 42.7. The van der Waals surface area contributed by atoms with Crippen LogP contribution in [0.3, 0.4) is 0 Å². The van der Waals surface area contributed by atoms with Gasteiger partial charge in [-0.2, -0.15) is 0 Å². The third kappa shape index (κ3) is 10.8. The van der Waals surface area contributed by atoms with Gasteiger partial charge < -0.3 is 120 Å². The van der Waals surface area contributed by atoms with E-state index in [0.29, 0.717) is 0 Å². The van der Waals surface area contributed by atoms with E-state index in [4.69, 9.17) is 28.4 Å². The fraction of sp³-hybridized carbons (Fsp3) is 0.900. The molecule has 4 rings (SSSR count).